The number of hydrogen-bond acceptors (Lipinski definition) is 1. The summed E-state index contributed by atoms with van der Waals surface area (Å²) in [5.41, 5.74) is 1.21. The lowest BCUT2D eigenvalue weighted by molar-refractivity contribution is 0.409. The molecule has 0 radical (unpaired) electrons. The Hall–Kier alpha value is -0.690. The Morgan fingerprint density at radius 2 is 2.15 bits per heavy atom. The zero-order valence-corrected chi connectivity index (χ0v) is 8.90. The topological polar surface area (TPSA) is 9.23 Å². The second-order valence-electron chi connectivity index (χ2n) is 3.06. The molecule has 0 amide bonds. The van der Waals surface area contributed by atoms with Gasteiger partial charge in [-0.15, -0.1) is 0 Å². The number of ether oxygens (including phenoxy) is 1. The molecule has 0 aromatic heterocycles. The molecule has 0 unspecified atom stereocenters. The summed E-state index contributed by atoms with van der Waals surface area (Å²) in [4.78, 5) is 0. The van der Waals surface area contributed by atoms with Crippen LogP contribution < -0.4 is 4.74 Å². The van der Waals surface area contributed by atoms with Gasteiger partial charge in [0.1, 0.15) is 5.75 Å². The van der Waals surface area contributed by atoms with Crippen LogP contribution in [0.3, 0.4) is 0 Å². The average Bonchev–Trinajstić information content (AvgIpc) is 2.15. The van der Waals surface area contributed by atoms with Gasteiger partial charge in [-0.25, -0.2) is 0 Å². The summed E-state index contributed by atoms with van der Waals surface area (Å²) in [5.74, 6) is 0.942. The number of benzene rings is 1. The van der Waals surface area contributed by atoms with Crippen molar-refractivity contribution < 1.29 is 4.74 Å². The Balaban J connectivity index is 2.81. The minimum absolute atomic E-state index is 0.784. The van der Waals surface area contributed by atoms with Gasteiger partial charge in [0.15, 0.2) is 0 Å². The van der Waals surface area contributed by atoms with E-state index in [1.165, 1.54) is 18.4 Å². The SMILES string of the molecule is CCCCc1cc(Cl)ccc1OC. The van der Waals surface area contributed by atoms with Crippen molar-refractivity contribution in [2.75, 3.05) is 7.11 Å². The third-order valence-electron chi connectivity index (χ3n) is 2.04. The minimum atomic E-state index is 0.784. The highest BCUT2D eigenvalue weighted by molar-refractivity contribution is 6.30. The molecule has 0 atom stereocenters. The van der Waals surface area contributed by atoms with E-state index in [0.29, 0.717) is 0 Å². The van der Waals surface area contributed by atoms with E-state index in [1.807, 2.05) is 18.2 Å². The lowest BCUT2D eigenvalue weighted by Crippen LogP contribution is -1.91. The van der Waals surface area contributed by atoms with Crippen LogP contribution >= 0.6 is 11.6 Å². The monoisotopic (exact) mass is 198 g/mol. The highest BCUT2D eigenvalue weighted by atomic mass is 35.5. The van der Waals surface area contributed by atoms with E-state index in [0.717, 1.165) is 17.2 Å². The molecule has 72 valence electrons. The highest BCUT2D eigenvalue weighted by Gasteiger charge is 2.02. The van der Waals surface area contributed by atoms with Crippen LogP contribution in [-0.2, 0) is 6.42 Å². The molecule has 0 bridgehead atoms. The van der Waals surface area contributed by atoms with Crippen molar-refractivity contribution >= 4 is 11.6 Å². The Morgan fingerprint density at radius 1 is 1.38 bits per heavy atom. The van der Waals surface area contributed by atoms with Gasteiger partial charge in [0.25, 0.3) is 0 Å². The summed E-state index contributed by atoms with van der Waals surface area (Å²) in [6.07, 6.45) is 3.41. The molecule has 1 nitrogen and oxygen atoms in total. The fourth-order valence-corrected chi connectivity index (χ4v) is 1.50. The molecule has 2 heteroatoms. The normalized spacial score (nSPS) is 10.1. The highest BCUT2D eigenvalue weighted by Crippen LogP contribution is 2.23. The molecule has 0 heterocycles. The number of rotatable bonds is 4. The number of halogens is 1. The van der Waals surface area contributed by atoms with Crippen molar-refractivity contribution in [2.45, 2.75) is 26.2 Å². The quantitative estimate of drug-likeness (QED) is 0.717. The van der Waals surface area contributed by atoms with E-state index in [9.17, 15) is 0 Å². The molecule has 0 spiro atoms. The van der Waals surface area contributed by atoms with Gasteiger partial charge < -0.3 is 4.74 Å². The number of hydrogen-bond donors (Lipinski definition) is 0. The van der Waals surface area contributed by atoms with E-state index in [-0.39, 0.29) is 0 Å². The average molecular weight is 199 g/mol. The fraction of sp³-hybridized carbons (Fsp3) is 0.455. The van der Waals surface area contributed by atoms with Gasteiger partial charge in [0.2, 0.25) is 0 Å². The maximum Gasteiger partial charge on any atom is 0.122 e. The standard InChI is InChI=1S/C11H15ClO/c1-3-4-5-9-8-10(12)6-7-11(9)13-2/h6-8H,3-5H2,1-2H3. The second kappa shape index (κ2) is 5.13. The van der Waals surface area contributed by atoms with Crippen LogP contribution in [0.25, 0.3) is 0 Å². The molecule has 0 fully saturated rings. The molecular formula is C11H15ClO. The molecule has 0 N–H and O–H groups in total. The Kier molecular flexibility index (Phi) is 4.10. The number of aryl methyl sites for hydroxylation is 1. The molecule has 1 aromatic carbocycles. The molecule has 0 aliphatic heterocycles. The van der Waals surface area contributed by atoms with Gasteiger partial charge in [-0.3, -0.25) is 0 Å². The summed E-state index contributed by atoms with van der Waals surface area (Å²) in [7, 11) is 1.69. The first-order valence-electron chi connectivity index (χ1n) is 4.60. The van der Waals surface area contributed by atoms with Crippen molar-refractivity contribution in [3.05, 3.63) is 28.8 Å². The maximum atomic E-state index is 5.90. The van der Waals surface area contributed by atoms with E-state index in [2.05, 4.69) is 6.92 Å². The summed E-state index contributed by atoms with van der Waals surface area (Å²) in [5, 5.41) is 0.784. The van der Waals surface area contributed by atoms with Crippen LogP contribution in [-0.4, -0.2) is 7.11 Å². The van der Waals surface area contributed by atoms with E-state index < -0.39 is 0 Å². The summed E-state index contributed by atoms with van der Waals surface area (Å²) < 4.78 is 5.24. The van der Waals surface area contributed by atoms with Crippen molar-refractivity contribution in [3.63, 3.8) is 0 Å². The Labute approximate surface area is 84.7 Å². The van der Waals surface area contributed by atoms with Crippen LogP contribution in [0.5, 0.6) is 5.75 Å². The number of unbranched alkanes of at least 4 members (excludes halogenated alkanes) is 1. The van der Waals surface area contributed by atoms with E-state index in [4.69, 9.17) is 16.3 Å². The first-order valence-corrected chi connectivity index (χ1v) is 4.98. The zero-order chi connectivity index (χ0) is 9.68. The van der Waals surface area contributed by atoms with Crippen LogP contribution in [0.15, 0.2) is 18.2 Å². The van der Waals surface area contributed by atoms with Gasteiger partial charge in [-0.2, -0.15) is 0 Å². The minimum Gasteiger partial charge on any atom is -0.496 e. The van der Waals surface area contributed by atoms with Crippen LogP contribution in [0.1, 0.15) is 25.3 Å². The van der Waals surface area contributed by atoms with E-state index >= 15 is 0 Å². The zero-order valence-electron chi connectivity index (χ0n) is 8.14. The van der Waals surface area contributed by atoms with Crippen molar-refractivity contribution in [3.8, 4) is 5.75 Å². The predicted octanol–water partition coefficient (Wildman–Crippen LogP) is 3.69. The molecule has 13 heavy (non-hydrogen) atoms. The maximum absolute atomic E-state index is 5.90. The lowest BCUT2D eigenvalue weighted by atomic mass is 10.1. The lowest BCUT2D eigenvalue weighted by Gasteiger charge is -2.07. The van der Waals surface area contributed by atoms with Gasteiger partial charge in [-0.1, -0.05) is 24.9 Å². The molecular weight excluding hydrogens is 184 g/mol. The van der Waals surface area contributed by atoms with Crippen LogP contribution in [0.4, 0.5) is 0 Å². The van der Waals surface area contributed by atoms with Crippen molar-refractivity contribution in [2.24, 2.45) is 0 Å². The molecule has 1 aromatic rings. The van der Waals surface area contributed by atoms with Gasteiger partial charge >= 0.3 is 0 Å². The summed E-state index contributed by atoms with van der Waals surface area (Å²) in [6.45, 7) is 2.18. The smallest absolute Gasteiger partial charge is 0.122 e. The fourth-order valence-electron chi connectivity index (χ4n) is 1.31. The van der Waals surface area contributed by atoms with Crippen molar-refractivity contribution in [1.82, 2.24) is 0 Å². The first kappa shape index (κ1) is 10.4. The van der Waals surface area contributed by atoms with Gasteiger partial charge in [0, 0.05) is 5.02 Å². The molecule has 0 aliphatic rings. The van der Waals surface area contributed by atoms with E-state index in [1.54, 1.807) is 7.11 Å². The molecule has 1 rings (SSSR count). The van der Waals surface area contributed by atoms with Crippen molar-refractivity contribution in [1.29, 1.82) is 0 Å². The van der Waals surface area contributed by atoms with Crippen LogP contribution in [0, 0.1) is 0 Å². The second-order valence-corrected chi connectivity index (χ2v) is 3.50. The Bertz CT molecular complexity index is 271. The number of methoxy groups -OCH3 is 1. The first-order chi connectivity index (χ1) is 6.27. The largest absolute Gasteiger partial charge is 0.496 e. The third-order valence-corrected chi connectivity index (χ3v) is 2.28. The predicted molar refractivity (Wildman–Crippen MR) is 56.6 cm³/mol. The molecule has 0 saturated heterocycles. The molecule has 0 aliphatic carbocycles. The summed E-state index contributed by atoms with van der Waals surface area (Å²) >= 11 is 5.90. The Morgan fingerprint density at radius 3 is 2.77 bits per heavy atom. The molecule has 0 saturated carbocycles. The third kappa shape index (κ3) is 2.92. The van der Waals surface area contributed by atoms with Gasteiger partial charge in [0.05, 0.1) is 7.11 Å². The summed E-state index contributed by atoms with van der Waals surface area (Å²) in [6, 6.07) is 5.76. The van der Waals surface area contributed by atoms with Gasteiger partial charge in [-0.05, 0) is 36.6 Å². The van der Waals surface area contributed by atoms with Crippen LogP contribution in [0.2, 0.25) is 5.02 Å².